The maximum Gasteiger partial charge on any atom is 0.226 e. The first-order valence-corrected chi connectivity index (χ1v) is 5.73. The highest BCUT2D eigenvalue weighted by molar-refractivity contribution is 5.36. The Bertz CT molecular complexity index is 418. The molecular weight excluding hydrogens is 200 g/mol. The fourth-order valence-electron chi connectivity index (χ4n) is 1.72. The third kappa shape index (κ3) is 2.48. The normalized spacial score (nSPS) is 14.6. The van der Waals surface area contributed by atoms with Gasteiger partial charge in [0.1, 0.15) is 11.8 Å². The van der Waals surface area contributed by atoms with Gasteiger partial charge in [-0.1, -0.05) is 0 Å². The summed E-state index contributed by atoms with van der Waals surface area (Å²) in [5.74, 6) is 1.50. The van der Waals surface area contributed by atoms with Crippen LogP contribution < -0.4 is 4.90 Å². The van der Waals surface area contributed by atoms with E-state index in [9.17, 15) is 0 Å². The molecule has 0 atom stereocenters. The molecule has 0 radical (unpaired) electrons. The monoisotopic (exact) mass is 216 g/mol. The molecule has 0 N–H and O–H groups in total. The smallest absolute Gasteiger partial charge is 0.226 e. The standard InChI is InChI=1S/C12H16N4/c1-3-16(8-10-4-5-10)12-14-9(2)6-11(7-13)15-12/h6,10H,3-5,8H2,1-2H3. The molecule has 0 saturated heterocycles. The summed E-state index contributed by atoms with van der Waals surface area (Å²) in [5, 5.41) is 8.88. The van der Waals surface area contributed by atoms with Crippen molar-refractivity contribution >= 4 is 5.95 Å². The quantitative estimate of drug-likeness (QED) is 0.771. The Morgan fingerprint density at radius 2 is 2.25 bits per heavy atom. The topological polar surface area (TPSA) is 52.8 Å². The number of aromatic nitrogens is 2. The zero-order valence-electron chi connectivity index (χ0n) is 9.77. The summed E-state index contributed by atoms with van der Waals surface area (Å²) in [6.45, 7) is 5.91. The fourth-order valence-corrected chi connectivity index (χ4v) is 1.72. The number of anilines is 1. The molecule has 2 rings (SSSR count). The zero-order valence-corrected chi connectivity index (χ0v) is 9.77. The molecule has 1 aromatic heterocycles. The predicted molar refractivity (Wildman–Crippen MR) is 62.1 cm³/mol. The first kappa shape index (κ1) is 10.9. The first-order valence-electron chi connectivity index (χ1n) is 5.73. The summed E-state index contributed by atoms with van der Waals surface area (Å²) < 4.78 is 0. The molecule has 1 saturated carbocycles. The van der Waals surface area contributed by atoms with Gasteiger partial charge in [0.05, 0.1) is 0 Å². The average Bonchev–Trinajstić information content (AvgIpc) is 3.08. The second-order valence-electron chi connectivity index (χ2n) is 4.29. The second-order valence-corrected chi connectivity index (χ2v) is 4.29. The largest absolute Gasteiger partial charge is 0.341 e. The molecule has 0 amide bonds. The van der Waals surface area contributed by atoms with E-state index in [2.05, 4.69) is 27.9 Å². The summed E-state index contributed by atoms with van der Waals surface area (Å²) in [7, 11) is 0. The van der Waals surface area contributed by atoms with Crippen LogP contribution in [0.4, 0.5) is 5.95 Å². The number of rotatable bonds is 4. The Hall–Kier alpha value is -1.63. The summed E-state index contributed by atoms with van der Waals surface area (Å²) in [6.07, 6.45) is 2.63. The summed E-state index contributed by atoms with van der Waals surface area (Å²) >= 11 is 0. The molecule has 0 spiro atoms. The van der Waals surface area contributed by atoms with Crippen LogP contribution in [0.3, 0.4) is 0 Å². The molecule has 1 fully saturated rings. The first-order chi connectivity index (χ1) is 7.72. The Balaban J connectivity index is 2.22. The van der Waals surface area contributed by atoms with E-state index in [-0.39, 0.29) is 0 Å². The van der Waals surface area contributed by atoms with E-state index in [0.29, 0.717) is 11.6 Å². The van der Waals surface area contributed by atoms with Crippen LogP contribution in [-0.2, 0) is 0 Å². The van der Waals surface area contributed by atoms with E-state index in [0.717, 1.165) is 24.7 Å². The number of hydrogen-bond acceptors (Lipinski definition) is 4. The lowest BCUT2D eigenvalue weighted by Gasteiger charge is -2.20. The van der Waals surface area contributed by atoms with Crippen molar-refractivity contribution < 1.29 is 0 Å². The fraction of sp³-hybridized carbons (Fsp3) is 0.583. The molecule has 16 heavy (non-hydrogen) atoms. The summed E-state index contributed by atoms with van der Waals surface area (Å²) in [6, 6.07) is 3.80. The lowest BCUT2D eigenvalue weighted by Crippen LogP contribution is -2.27. The number of hydrogen-bond donors (Lipinski definition) is 0. The lowest BCUT2D eigenvalue weighted by molar-refractivity contribution is 0.717. The van der Waals surface area contributed by atoms with Gasteiger partial charge >= 0.3 is 0 Å². The minimum absolute atomic E-state index is 0.455. The van der Waals surface area contributed by atoms with Crippen LogP contribution in [0.15, 0.2) is 6.07 Å². The summed E-state index contributed by atoms with van der Waals surface area (Å²) in [4.78, 5) is 10.8. The van der Waals surface area contributed by atoms with Gasteiger partial charge in [0, 0.05) is 18.8 Å². The van der Waals surface area contributed by atoms with Crippen LogP contribution in [-0.4, -0.2) is 23.1 Å². The van der Waals surface area contributed by atoms with Gasteiger partial charge in [0.25, 0.3) is 0 Å². The highest BCUT2D eigenvalue weighted by atomic mass is 15.2. The minimum atomic E-state index is 0.455. The van der Waals surface area contributed by atoms with Crippen LogP contribution in [0, 0.1) is 24.2 Å². The van der Waals surface area contributed by atoms with Gasteiger partial charge in [-0.05, 0) is 38.7 Å². The molecule has 4 nitrogen and oxygen atoms in total. The third-order valence-corrected chi connectivity index (χ3v) is 2.80. The Labute approximate surface area is 95.9 Å². The van der Waals surface area contributed by atoms with Gasteiger partial charge in [0.15, 0.2) is 0 Å². The maximum atomic E-state index is 8.88. The molecule has 84 valence electrons. The van der Waals surface area contributed by atoms with E-state index >= 15 is 0 Å². The average molecular weight is 216 g/mol. The predicted octanol–water partition coefficient (Wildman–Crippen LogP) is 1.89. The van der Waals surface area contributed by atoms with Crippen molar-refractivity contribution in [2.24, 2.45) is 5.92 Å². The number of nitrogens with zero attached hydrogens (tertiary/aromatic N) is 4. The van der Waals surface area contributed by atoms with Crippen LogP contribution in [0.25, 0.3) is 0 Å². The van der Waals surface area contributed by atoms with Gasteiger partial charge in [0.2, 0.25) is 5.95 Å². The van der Waals surface area contributed by atoms with Crippen molar-refractivity contribution in [3.63, 3.8) is 0 Å². The number of nitriles is 1. The Kier molecular flexibility index (Phi) is 3.04. The molecule has 1 aliphatic carbocycles. The number of aryl methyl sites for hydroxylation is 1. The lowest BCUT2D eigenvalue weighted by atomic mass is 10.3. The molecule has 4 heteroatoms. The molecular formula is C12H16N4. The van der Waals surface area contributed by atoms with E-state index in [1.165, 1.54) is 12.8 Å². The van der Waals surface area contributed by atoms with Crippen molar-refractivity contribution in [1.29, 1.82) is 5.26 Å². The van der Waals surface area contributed by atoms with E-state index in [1.54, 1.807) is 6.07 Å². The van der Waals surface area contributed by atoms with Crippen molar-refractivity contribution in [1.82, 2.24) is 9.97 Å². The molecule has 0 aliphatic heterocycles. The Morgan fingerprint density at radius 3 is 2.81 bits per heavy atom. The molecule has 1 heterocycles. The Morgan fingerprint density at radius 1 is 1.50 bits per heavy atom. The molecule has 0 bridgehead atoms. The SMILES string of the molecule is CCN(CC1CC1)c1nc(C)cc(C#N)n1. The highest BCUT2D eigenvalue weighted by Crippen LogP contribution is 2.30. The third-order valence-electron chi connectivity index (χ3n) is 2.80. The van der Waals surface area contributed by atoms with Crippen LogP contribution in [0.2, 0.25) is 0 Å². The van der Waals surface area contributed by atoms with E-state index < -0.39 is 0 Å². The molecule has 0 unspecified atom stereocenters. The van der Waals surface area contributed by atoms with Gasteiger partial charge < -0.3 is 4.90 Å². The van der Waals surface area contributed by atoms with Gasteiger partial charge in [-0.2, -0.15) is 5.26 Å². The van der Waals surface area contributed by atoms with Crippen LogP contribution in [0.1, 0.15) is 31.2 Å². The van der Waals surface area contributed by atoms with Crippen molar-refractivity contribution in [3.05, 3.63) is 17.5 Å². The second kappa shape index (κ2) is 4.48. The minimum Gasteiger partial charge on any atom is -0.341 e. The van der Waals surface area contributed by atoms with Gasteiger partial charge in [-0.3, -0.25) is 0 Å². The summed E-state index contributed by atoms with van der Waals surface area (Å²) in [5.41, 5.74) is 1.31. The van der Waals surface area contributed by atoms with Crippen LogP contribution >= 0.6 is 0 Å². The maximum absolute atomic E-state index is 8.88. The highest BCUT2D eigenvalue weighted by Gasteiger charge is 2.25. The van der Waals surface area contributed by atoms with E-state index in [4.69, 9.17) is 5.26 Å². The molecule has 1 aromatic rings. The van der Waals surface area contributed by atoms with Gasteiger partial charge in [-0.15, -0.1) is 0 Å². The van der Waals surface area contributed by atoms with Crippen molar-refractivity contribution in [2.45, 2.75) is 26.7 Å². The van der Waals surface area contributed by atoms with E-state index in [1.807, 2.05) is 6.92 Å². The van der Waals surface area contributed by atoms with Gasteiger partial charge in [-0.25, -0.2) is 9.97 Å². The zero-order chi connectivity index (χ0) is 11.5. The molecule has 1 aliphatic rings. The van der Waals surface area contributed by atoms with Crippen molar-refractivity contribution in [2.75, 3.05) is 18.0 Å². The molecule has 0 aromatic carbocycles. The van der Waals surface area contributed by atoms with Crippen LogP contribution in [0.5, 0.6) is 0 Å². The van der Waals surface area contributed by atoms with Crippen molar-refractivity contribution in [3.8, 4) is 6.07 Å².